The highest BCUT2D eigenvalue weighted by molar-refractivity contribution is 8.00. The van der Waals surface area contributed by atoms with E-state index in [-0.39, 0.29) is 23.6 Å². The highest BCUT2D eigenvalue weighted by atomic mass is 32.2. The third kappa shape index (κ3) is 5.86. The van der Waals surface area contributed by atoms with Crippen LogP contribution in [0.3, 0.4) is 0 Å². The number of thioether (sulfide) groups is 1. The average molecular weight is 349 g/mol. The van der Waals surface area contributed by atoms with Crippen LogP contribution in [0.2, 0.25) is 0 Å². The summed E-state index contributed by atoms with van der Waals surface area (Å²) in [6.07, 6.45) is 3.50. The molecule has 0 saturated heterocycles. The van der Waals surface area contributed by atoms with Crippen molar-refractivity contribution in [3.05, 3.63) is 29.8 Å². The molecule has 1 aliphatic carbocycles. The van der Waals surface area contributed by atoms with Crippen LogP contribution in [-0.2, 0) is 9.59 Å². The number of hydrogen-bond acceptors (Lipinski definition) is 3. The number of amides is 2. The molecule has 2 amide bonds. The summed E-state index contributed by atoms with van der Waals surface area (Å²) in [5.41, 5.74) is 1.91. The van der Waals surface area contributed by atoms with Gasteiger partial charge in [0.1, 0.15) is 0 Å². The van der Waals surface area contributed by atoms with Gasteiger partial charge in [0.15, 0.2) is 0 Å². The van der Waals surface area contributed by atoms with Gasteiger partial charge in [0.2, 0.25) is 11.8 Å². The summed E-state index contributed by atoms with van der Waals surface area (Å²) in [5, 5.41) is 6.00. The molecule has 2 N–H and O–H groups in total. The van der Waals surface area contributed by atoms with Gasteiger partial charge in [-0.25, -0.2) is 0 Å². The van der Waals surface area contributed by atoms with Crippen LogP contribution in [0, 0.1) is 18.8 Å². The average Bonchev–Trinajstić information content (AvgIpc) is 2.52. The van der Waals surface area contributed by atoms with E-state index in [0.717, 1.165) is 17.7 Å². The minimum atomic E-state index is -0.0712. The highest BCUT2D eigenvalue weighted by Gasteiger charge is 2.27. The molecule has 0 bridgehead atoms. The third-order valence-electron chi connectivity index (χ3n) is 4.82. The van der Waals surface area contributed by atoms with Crippen molar-refractivity contribution < 1.29 is 9.59 Å². The van der Waals surface area contributed by atoms with Crippen LogP contribution in [0.4, 0.5) is 5.69 Å². The Kier molecular flexibility index (Phi) is 7.16. The first-order valence-electron chi connectivity index (χ1n) is 8.69. The van der Waals surface area contributed by atoms with Crippen molar-refractivity contribution in [1.82, 2.24) is 5.32 Å². The van der Waals surface area contributed by atoms with Crippen molar-refractivity contribution >= 4 is 29.3 Å². The second-order valence-electron chi connectivity index (χ2n) is 6.85. The lowest BCUT2D eigenvalue weighted by atomic mass is 9.78. The van der Waals surface area contributed by atoms with E-state index in [2.05, 4.69) is 24.5 Å². The number of aryl methyl sites for hydroxylation is 1. The van der Waals surface area contributed by atoms with E-state index in [1.807, 2.05) is 31.2 Å². The maximum atomic E-state index is 12.1. The van der Waals surface area contributed by atoms with E-state index >= 15 is 0 Å². The molecule has 0 heterocycles. The molecule has 3 atom stereocenters. The van der Waals surface area contributed by atoms with Crippen molar-refractivity contribution in [2.45, 2.75) is 46.1 Å². The fourth-order valence-electron chi connectivity index (χ4n) is 3.19. The first-order valence-corrected chi connectivity index (χ1v) is 9.85. The molecule has 0 spiro atoms. The van der Waals surface area contributed by atoms with Crippen molar-refractivity contribution in [1.29, 1.82) is 0 Å². The smallest absolute Gasteiger partial charge is 0.234 e. The Balaban J connectivity index is 1.67. The van der Waals surface area contributed by atoms with Gasteiger partial charge in [-0.1, -0.05) is 38.8 Å². The zero-order valence-electron chi connectivity index (χ0n) is 14.8. The Labute approximate surface area is 149 Å². The highest BCUT2D eigenvalue weighted by Crippen LogP contribution is 2.29. The summed E-state index contributed by atoms with van der Waals surface area (Å²) in [7, 11) is 0. The van der Waals surface area contributed by atoms with Crippen molar-refractivity contribution in [3.63, 3.8) is 0 Å². The summed E-state index contributed by atoms with van der Waals surface area (Å²) < 4.78 is 0. The van der Waals surface area contributed by atoms with Crippen LogP contribution in [0.15, 0.2) is 24.3 Å². The predicted octanol–water partition coefficient (Wildman–Crippen LogP) is 3.61. The summed E-state index contributed by atoms with van der Waals surface area (Å²) in [5.74, 6) is 1.78. The van der Waals surface area contributed by atoms with Gasteiger partial charge in [-0.2, -0.15) is 0 Å². The van der Waals surface area contributed by atoms with Gasteiger partial charge in [0.05, 0.1) is 11.5 Å². The van der Waals surface area contributed by atoms with Crippen molar-refractivity contribution in [3.8, 4) is 0 Å². The number of carbonyl (C=O) groups is 2. The van der Waals surface area contributed by atoms with Crippen LogP contribution in [0.5, 0.6) is 0 Å². The standard InChI is InChI=1S/C19H28N2O2S/c1-13-6-4-8-16(10-13)20-18(22)11-24-12-19(23)21-17-9-5-7-14(2)15(17)3/h4,6,8,10,14-15,17H,5,7,9,11-12H2,1-3H3,(H,20,22)(H,21,23). The minimum Gasteiger partial charge on any atom is -0.352 e. The number of benzene rings is 1. The Morgan fingerprint density at radius 3 is 2.67 bits per heavy atom. The second kappa shape index (κ2) is 9.11. The van der Waals surface area contributed by atoms with Crippen LogP contribution < -0.4 is 10.6 Å². The molecule has 0 aromatic heterocycles. The Morgan fingerprint density at radius 1 is 1.17 bits per heavy atom. The minimum absolute atomic E-state index is 0.0364. The quantitative estimate of drug-likeness (QED) is 0.826. The zero-order chi connectivity index (χ0) is 17.5. The lowest BCUT2D eigenvalue weighted by Crippen LogP contribution is -2.44. The number of nitrogens with one attached hydrogen (secondary N) is 2. The molecule has 1 aromatic carbocycles. The van der Waals surface area contributed by atoms with Gasteiger partial charge in [-0.05, 0) is 42.9 Å². The van der Waals surface area contributed by atoms with E-state index in [9.17, 15) is 9.59 Å². The molecule has 24 heavy (non-hydrogen) atoms. The molecule has 3 unspecified atom stereocenters. The number of rotatable bonds is 6. The lowest BCUT2D eigenvalue weighted by molar-refractivity contribution is -0.120. The molecule has 1 aromatic rings. The van der Waals surface area contributed by atoms with Gasteiger partial charge in [-0.3, -0.25) is 9.59 Å². The van der Waals surface area contributed by atoms with Crippen molar-refractivity contribution in [2.24, 2.45) is 11.8 Å². The van der Waals surface area contributed by atoms with E-state index in [1.54, 1.807) is 0 Å². The summed E-state index contributed by atoms with van der Waals surface area (Å²) in [6.45, 7) is 6.46. The molecular formula is C19H28N2O2S. The molecular weight excluding hydrogens is 320 g/mol. The van der Waals surface area contributed by atoms with Crippen molar-refractivity contribution in [2.75, 3.05) is 16.8 Å². The summed E-state index contributed by atoms with van der Waals surface area (Å²) in [4.78, 5) is 24.0. The van der Waals surface area contributed by atoms with Crippen LogP contribution in [0.25, 0.3) is 0 Å². The SMILES string of the molecule is Cc1cccc(NC(=O)CSCC(=O)NC2CCCC(C)C2C)c1. The van der Waals surface area contributed by atoms with E-state index < -0.39 is 0 Å². The van der Waals surface area contributed by atoms with Gasteiger partial charge in [0, 0.05) is 11.7 Å². The fraction of sp³-hybridized carbons (Fsp3) is 0.579. The normalized spacial score (nSPS) is 23.5. The maximum Gasteiger partial charge on any atom is 0.234 e. The molecule has 2 rings (SSSR count). The molecule has 1 fully saturated rings. The number of carbonyl (C=O) groups excluding carboxylic acids is 2. The van der Waals surface area contributed by atoms with E-state index in [1.165, 1.54) is 24.6 Å². The zero-order valence-corrected chi connectivity index (χ0v) is 15.6. The van der Waals surface area contributed by atoms with Gasteiger partial charge < -0.3 is 10.6 Å². The number of anilines is 1. The Hall–Kier alpha value is -1.49. The summed E-state index contributed by atoms with van der Waals surface area (Å²) in [6, 6.07) is 7.98. The molecule has 5 heteroatoms. The monoisotopic (exact) mass is 348 g/mol. The van der Waals surface area contributed by atoms with Gasteiger partial charge >= 0.3 is 0 Å². The second-order valence-corrected chi connectivity index (χ2v) is 7.84. The Bertz CT molecular complexity index is 576. The molecule has 1 aliphatic rings. The molecule has 1 saturated carbocycles. The first-order chi connectivity index (χ1) is 11.5. The van der Waals surface area contributed by atoms with Gasteiger partial charge in [0.25, 0.3) is 0 Å². The van der Waals surface area contributed by atoms with Gasteiger partial charge in [-0.15, -0.1) is 11.8 Å². The molecule has 4 nitrogen and oxygen atoms in total. The van der Waals surface area contributed by atoms with Crippen LogP contribution in [0.1, 0.15) is 38.7 Å². The lowest BCUT2D eigenvalue weighted by Gasteiger charge is -2.34. The van der Waals surface area contributed by atoms with E-state index in [4.69, 9.17) is 0 Å². The van der Waals surface area contributed by atoms with Crippen LogP contribution in [-0.4, -0.2) is 29.4 Å². The molecule has 0 radical (unpaired) electrons. The maximum absolute atomic E-state index is 12.1. The van der Waals surface area contributed by atoms with Crippen LogP contribution >= 0.6 is 11.8 Å². The van der Waals surface area contributed by atoms with E-state index in [0.29, 0.717) is 17.6 Å². The summed E-state index contributed by atoms with van der Waals surface area (Å²) >= 11 is 1.36. The molecule has 0 aliphatic heterocycles. The largest absolute Gasteiger partial charge is 0.352 e. The number of hydrogen-bond donors (Lipinski definition) is 2. The molecule has 132 valence electrons. The predicted molar refractivity (Wildman–Crippen MR) is 101 cm³/mol. The first kappa shape index (κ1) is 18.8. The topological polar surface area (TPSA) is 58.2 Å². The third-order valence-corrected chi connectivity index (χ3v) is 5.75. The Morgan fingerprint density at radius 2 is 1.92 bits per heavy atom. The fourth-order valence-corrected chi connectivity index (χ4v) is 3.82.